The molecule has 3 rings (SSSR count). The second kappa shape index (κ2) is 6.76. The highest BCUT2D eigenvalue weighted by Gasteiger charge is 2.35. The number of nitrogens with one attached hydrogen (secondary N) is 1. The van der Waals surface area contributed by atoms with E-state index in [1.165, 1.54) is 0 Å². The highest BCUT2D eigenvalue weighted by Crippen LogP contribution is 2.23. The molecule has 0 saturated carbocycles. The van der Waals surface area contributed by atoms with Gasteiger partial charge < -0.3 is 4.90 Å². The molecule has 0 bridgehead atoms. The fourth-order valence-electron chi connectivity index (χ4n) is 2.84. The number of amidine groups is 2. The van der Waals surface area contributed by atoms with Gasteiger partial charge in [-0.2, -0.15) is 0 Å². The molecule has 0 radical (unpaired) electrons. The number of halogens is 1. The molecule has 0 aliphatic carbocycles. The quantitative estimate of drug-likeness (QED) is 0.484. The molecule has 1 saturated heterocycles. The average molecular weight is 340 g/mol. The summed E-state index contributed by atoms with van der Waals surface area (Å²) < 4.78 is 0. The molecule has 0 amide bonds. The highest BCUT2D eigenvalue weighted by atomic mass is 35.5. The predicted octanol–water partition coefficient (Wildman–Crippen LogP) is 1.27. The standard InChI is InChI=1S/C14H19ClN6S/c1-16-14(22-2)20-8-4-7-12(20)13-17-19-21(18-13)11-6-3-5-10(15)9-11/h3,5-6,9,12,19H,4,7-8H2,1-2H3,(H,17,18)/p+1/t12-/m1/s1. The summed E-state index contributed by atoms with van der Waals surface area (Å²) >= 11 is 7.74. The minimum Gasteiger partial charge on any atom is -0.341 e. The van der Waals surface area contributed by atoms with Crippen LogP contribution in [0.2, 0.25) is 5.02 Å². The van der Waals surface area contributed by atoms with Crippen LogP contribution >= 0.6 is 23.4 Å². The third-order valence-corrected chi connectivity index (χ3v) is 4.84. The van der Waals surface area contributed by atoms with Crippen LogP contribution in [0.25, 0.3) is 0 Å². The zero-order valence-electron chi connectivity index (χ0n) is 12.7. The van der Waals surface area contributed by atoms with Gasteiger partial charge in [-0.05, 0) is 42.4 Å². The Kier molecular flexibility index (Phi) is 4.75. The van der Waals surface area contributed by atoms with Crippen LogP contribution in [-0.4, -0.2) is 41.8 Å². The van der Waals surface area contributed by atoms with Gasteiger partial charge in [-0.15, -0.1) is 10.7 Å². The number of thioether (sulfide) groups is 1. The van der Waals surface area contributed by atoms with Crippen molar-refractivity contribution in [1.82, 2.24) is 10.3 Å². The first-order valence-electron chi connectivity index (χ1n) is 7.23. The molecular formula is C14H20ClN6S+. The number of hydrazine groups is 1. The van der Waals surface area contributed by atoms with Crippen molar-refractivity contribution in [3.05, 3.63) is 29.3 Å². The third-order valence-electron chi connectivity index (χ3n) is 3.82. The molecule has 2 aliphatic heterocycles. The lowest BCUT2D eigenvalue weighted by Crippen LogP contribution is -2.89. The van der Waals surface area contributed by atoms with Crippen LogP contribution in [-0.2, 0) is 0 Å². The van der Waals surface area contributed by atoms with Crippen LogP contribution < -0.4 is 16.1 Å². The van der Waals surface area contributed by atoms with E-state index in [0.717, 1.165) is 36.1 Å². The Bertz CT molecular complexity index is 605. The van der Waals surface area contributed by atoms with Gasteiger partial charge >= 0.3 is 0 Å². The number of rotatable bonds is 2. The molecule has 22 heavy (non-hydrogen) atoms. The summed E-state index contributed by atoms with van der Waals surface area (Å²) in [6.07, 6.45) is 4.30. The lowest BCUT2D eigenvalue weighted by Gasteiger charge is -2.26. The number of likely N-dealkylation sites (tertiary alicyclic amines) is 1. The largest absolute Gasteiger partial charge is 0.341 e. The van der Waals surface area contributed by atoms with Crippen LogP contribution in [0.1, 0.15) is 12.8 Å². The second-order valence-corrected chi connectivity index (χ2v) is 6.36. The molecule has 0 aromatic heterocycles. The monoisotopic (exact) mass is 339 g/mol. The molecule has 1 aromatic rings. The van der Waals surface area contributed by atoms with Crippen molar-refractivity contribution >= 4 is 40.1 Å². The van der Waals surface area contributed by atoms with E-state index in [2.05, 4.69) is 26.7 Å². The summed E-state index contributed by atoms with van der Waals surface area (Å²) in [5.41, 5.74) is 6.15. The smallest absolute Gasteiger partial charge is 0.206 e. The van der Waals surface area contributed by atoms with Crippen LogP contribution in [0.3, 0.4) is 0 Å². The van der Waals surface area contributed by atoms with E-state index >= 15 is 0 Å². The number of hydrogen-bond acceptors (Lipinski definition) is 5. The van der Waals surface area contributed by atoms with Crippen LogP contribution in [0, 0.1) is 0 Å². The van der Waals surface area contributed by atoms with Crippen molar-refractivity contribution in [3.8, 4) is 0 Å². The van der Waals surface area contributed by atoms with Crippen molar-refractivity contribution in [2.75, 3.05) is 25.0 Å². The Morgan fingerprint density at radius 1 is 1.55 bits per heavy atom. The van der Waals surface area contributed by atoms with E-state index in [1.54, 1.807) is 17.3 Å². The van der Waals surface area contributed by atoms with Crippen molar-refractivity contribution in [2.45, 2.75) is 18.9 Å². The van der Waals surface area contributed by atoms with E-state index in [0.29, 0.717) is 5.02 Å². The van der Waals surface area contributed by atoms with Gasteiger partial charge in [0.25, 0.3) is 0 Å². The molecular weight excluding hydrogens is 320 g/mol. The van der Waals surface area contributed by atoms with Gasteiger partial charge in [0.05, 0.1) is 6.04 Å². The van der Waals surface area contributed by atoms with E-state index in [-0.39, 0.29) is 6.04 Å². The first-order chi connectivity index (χ1) is 10.7. The molecule has 0 spiro atoms. The first-order valence-corrected chi connectivity index (χ1v) is 8.83. The average Bonchev–Trinajstić information content (AvgIpc) is 3.17. The van der Waals surface area contributed by atoms with Crippen molar-refractivity contribution in [1.29, 1.82) is 0 Å². The van der Waals surface area contributed by atoms with Crippen LogP contribution in [0.4, 0.5) is 5.69 Å². The molecule has 8 heteroatoms. The maximum atomic E-state index is 6.06. The van der Waals surface area contributed by atoms with Gasteiger partial charge in [-0.25, -0.2) is 5.43 Å². The van der Waals surface area contributed by atoms with E-state index in [1.807, 2.05) is 36.4 Å². The van der Waals surface area contributed by atoms with Gasteiger partial charge in [0.1, 0.15) is 5.69 Å². The lowest BCUT2D eigenvalue weighted by molar-refractivity contribution is -0.669. The summed E-state index contributed by atoms with van der Waals surface area (Å²) in [7, 11) is 1.84. The number of nitrogens with zero attached hydrogens (tertiary/aromatic N) is 4. The predicted molar refractivity (Wildman–Crippen MR) is 93.0 cm³/mol. The van der Waals surface area contributed by atoms with Gasteiger partial charge in [0.2, 0.25) is 5.84 Å². The first kappa shape index (κ1) is 15.5. The summed E-state index contributed by atoms with van der Waals surface area (Å²) in [5.74, 6) is 0.965. The minimum absolute atomic E-state index is 0.256. The Labute approximate surface area is 139 Å². The van der Waals surface area contributed by atoms with Gasteiger partial charge in [0, 0.05) is 18.6 Å². The van der Waals surface area contributed by atoms with Crippen molar-refractivity contribution < 1.29 is 5.53 Å². The molecule has 3 N–H and O–H groups in total. The van der Waals surface area contributed by atoms with Crippen LogP contribution in [0.15, 0.2) is 34.4 Å². The van der Waals surface area contributed by atoms with Gasteiger partial charge in [-0.1, -0.05) is 29.4 Å². The Hall–Kier alpha value is -1.44. The summed E-state index contributed by atoms with van der Waals surface area (Å²) in [4.78, 5) is 6.71. The molecule has 118 valence electrons. The van der Waals surface area contributed by atoms with Gasteiger partial charge in [0.15, 0.2) is 5.17 Å². The van der Waals surface area contributed by atoms with Crippen LogP contribution in [0.5, 0.6) is 0 Å². The van der Waals surface area contributed by atoms with Gasteiger partial charge in [-0.3, -0.25) is 4.99 Å². The zero-order valence-corrected chi connectivity index (χ0v) is 14.2. The molecule has 1 atom stereocenters. The SMILES string of the molecule is CN=C(SC)N1CCC[C@@H]1C1=N[NH2+]N(c2cccc(Cl)c2)N1. The van der Waals surface area contributed by atoms with E-state index in [9.17, 15) is 0 Å². The normalized spacial score (nSPS) is 22.0. The van der Waals surface area contributed by atoms with E-state index < -0.39 is 0 Å². The van der Waals surface area contributed by atoms with E-state index in [4.69, 9.17) is 11.6 Å². The molecule has 6 nitrogen and oxygen atoms in total. The maximum absolute atomic E-state index is 6.06. The number of hydrogen-bond donors (Lipinski definition) is 2. The van der Waals surface area contributed by atoms with Crippen molar-refractivity contribution in [3.63, 3.8) is 0 Å². The highest BCUT2D eigenvalue weighted by molar-refractivity contribution is 8.13. The topological polar surface area (TPSA) is 59.8 Å². The Morgan fingerprint density at radius 3 is 3.14 bits per heavy atom. The summed E-state index contributed by atoms with van der Waals surface area (Å²) in [6, 6.07) is 7.97. The minimum atomic E-state index is 0.256. The summed E-state index contributed by atoms with van der Waals surface area (Å²) in [6.45, 7) is 1.02. The molecule has 2 aliphatic rings. The number of aliphatic imine (C=N–C) groups is 1. The lowest BCUT2D eigenvalue weighted by atomic mass is 10.2. The zero-order chi connectivity index (χ0) is 15.5. The fraction of sp³-hybridized carbons (Fsp3) is 0.429. The Balaban J connectivity index is 1.72. The maximum Gasteiger partial charge on any atom is 0.206 e. The molecule has 1 aromatic carbocycles. The van der Waals surface area contributed by atoms with Crippen molar-refractivity contribution in [2.24, 2.45) is 10.1 Å². The summed E-state index contributed by atoms with van der Waals surface area (Å²) in [5, 5.41) is 8.24. The molecule has 2 heterocycles. The fourth-order valence-corrected chi connectivity index (χ4v) is 3.66. The molecule has 0 unspecified atom stereocenters. The Morgan fingerprint density at radius 2 is 2.41 bits per heavy atom. The number of anilines is 1. The third kappa shape index (κ3) is 3.02. The number of quaternary nitrogens is 1. The molecule has 1 fully saturated rings. The number of benzene rings is 1. The number of nitrogens with two attached hydrogens (primary N) is 1. The second-order valence-electron chi connectivity index (χ2n) is 5.15.